The molecule has 0 bridgehead atoms. The van der Waals surface area contributed by atoms with Crippen molar-refractivity contribution in [2.24, 2.45) is 17.8 Å². The topological polar surface area (TPSA) is 37.3 Å². The summed E-state index contributed by atoms with van der Waals surface area (Å²) in [6, 6.07) is 0. The van der Waals surface area contributed by atoms with Gasteiger partial charge in [0.05, 0.1) is 5.92 Å². The molecule has 186 valence electrons. The standard InChI is InChI=1S/C29H58O2/c1-5-8-10-11-12-13-14-15-16-17-18-19-20-21-23-26(4)28(29(30)31)25-27(22-7-3)24-9-6-2/h26-28H,5-25H2,1-4H3,(H,30,31). The van der Waals surface area contributed by atoms with Crippen molar-refractivity contribution in [3.63, 3.8) is 0 Å². The lowest BCUT2D eigenvalue weighted by Crippen LogP contribution is -2.25. The summed E-state index contributed by atoms with van der Waals surface area (Å²) < 4.78 is 0. The number of rotatable bonds is 24. The van der Waals surface area contributed by atoms with Crippen molar-refractivity contribution < 1.29 is 9.90 Å². The fraction of sp³-hybridized carbons (Fsp3) is 0.966. The highest BCUT2D eigenvalue weighted by Gasteiger charge is 2.27. The molecule has 1 N–H and O–H groups in total. The van der Waals surface area contributed by atoms with E-state index < -0.39 is 5.97 Å². The molecule has 0 aromatic rings. The molecule has 0 saturated heterocycles. The van der Waals surface area contributed by atoms with Gasteiger partial charge in [-0.3, -0.25) is 4.79 Å². The molecule has 0 aliphatic heterocycles. The van der Waals surface area contributed by atoms with E-state index in [1.807, 2.05) is 0 Å². The molecule has 2 nitrogen and oxygen atoms in total. The van der Waals surface area contributed by atoms with Crippen LogP contribution in [0.25, 0.3) is 0 Å². The minimum atomic E-state index is -0.560. The largest absolute Gasteiger partial charge is 0.481 e. The monoisotopic (exact) mass is 438 g/mol. The fourth-order valence-corrected chi connectivity index (χ4v) is 5.08. The third kappa shape index (κ3) is 18.7. The molecule has 0 radical (unpaired) electrons. The smallest absolute Gasteiger partial charge is 0.306 e. The second-order valence-corrected chi connectivity index (χ2v) is 10.3. The molecular formula is C29H58O2. The Bertz CT molecular complexity index is 379. The zero-order valence-electron chi connectivity index (χ0n) is 21.9. The number of carboxylic acid groups (broad SMARTS) is 1. The van der Waals surface area contributed by atoms with E-state index in [0.717, 1.165) is 12.8 Å². The highest BCUT2D eigenvalue weighted by atomic mass is 16.4. The van der Waals surface area contributed by atoms with E-state index in [2.05, 4.69) is 27.7 Å². The van der Waals surface area contributed by atoms with Gasteiger partial charge >= 0.3 is 5.97 Å². The molecule has 3 atom stereocenters. The summed E-state index contributed by atoms with van der Waals surface area (Å²) in [6.45, 7) is 8.93. The van der Waals surface area contributed by atoms with Crippen molar-refractivity contribution in [1.82, 2.24) is 0 Å². The number of hydrogen-bond donors (Lipinski definition) is 1. The lowest BCUT2D eigenvalue weighted by molar-refractivity contribution is -0.144. The van der Waals surface area contributed by atoms with Crippen LogP contribution in [-0.2, 0) is 4.79 Å². The Hall–Kier alpha value is -0.530. The van der Waals surface area contributed by atoms with E-state index >= 15 is 0 Å². The number of hydrogen-bond acceptors (Lipinski definition) is 1. The Morgan fingerprint density at radius 3 is 1.45 bits per heavy atom. The molecule has 0 aliphatic carbocycles. The van der Waals surface area contributed by atoms with E-state index in [-0.39, 0.29) is 5.92 Å². The van der Waals surface area contributed by atoms with Gasteiger partial charge in [0.25, 0.3) is 0 Å². The summed E-state index contributed by atoms with van der Waals surface area (Å²) in [6.07, 6.45) is 27.3. The van der Waals surface area contributed by atoms with E-state index in [1.165, 1.54) is 122 Å². The lowest BCUT2D eigenvalue weighted by atomic mass is 9.80. The van der Waals surface area contributed by atoms with Crippen LogP contribution < -0.4 is 0 Å². The first-order valence-corrected chi connectivity index (χ1v) is 14.3. The minimum Gasteiger partial charge on any atom is -0.481 e. The third-order valence-corrected chi connectivity index (χ3v) is 7.27. The maximum Gasteiger partial charge on any atom is 0.306 e. The predicted octanol–water partition coefficient (Wildman–Crippen LogP) is 10.2. The third-order valence-electron chi connectivity index (χ3n) is 7.27. The van der Waals surface area contributed by atoms with Crippen molar-refractivity contribution in [1.29, 1.82) is 0 Å². The molecule has 0 aromatic carbocycles. The molecule has 0 rings (SSSR count). The molecule has 0 spiro atoms. The Morgan fingerprint density at radius 1 is 0.581 bits per heavy atom. The SMILES string of the molecule is CCCCCCCCCCCCCCCCC(C)C(CC(CCC)CCCC)C(=O)O. The van der Waals surface area contributed by atoms with Crippen molar-refractivity contribution in [3.05, 3.63) is 0 Å². The maximum atomic E-state index is 11.9. The second kappa shape index (κ2) is 22.7. The highest BCUT2D eigenvalue weighted by molar-refractivity contribution is 5.70. The zero-order chi connectivity index (χ0) is 23.2. The van der Waals surface area contributed by atoms with Crippen LogP contribution in [0.1, 0.15) is 163 Å². The normalized spacial score (nSPS) is 14.5. The van der Waals surface area contributed by atoms with Gasteiger partial charge in [-0.25, -0.2) is 0 Å². The first-order valence-electron chi connectivity index (χ1n) is 14.3. The molecule has 0 amide bonds. The molecular weight excluding hydrogens is 380 g/mol. The van der Waals surface area contributed by atoms with E-state index in [4.69, 9.17) is 0 Å². The van der Waals surface area contributed by atoms with Crippen molar-refractivity contribution in [2.75, 3.05) is 0 Å². The average Bonchev–Trinajstić information content (AvgIpc) is 2.75. The van der Waals surface area contributed by atoms with Gasteiger partial charge in [-0.2, -0.15) is 0 Å². The number of aliphatic carboxylic acids is 1. The van der Waals surface area contributed by atoms with Crippen LogP contribution in [0.5, 0.6) is 0 Å². The lowest BCUT2D eigenvalue weighted by Gasteiger charge is -2.25. The zero-order valence-corrected chi connectivity index (χ0v) is 21.9. The number of carboxylic acids is 1. The number of carbonyl (C=O) groups is 1. The molecule has 0 heterocycles. The van der Waals surface area contributed by atoms with Gasteiger partial charge in [0.15, 0.2) is 0 Å². The number of unbranched alkanes of at least 4 members (excludes halogenated alkanes) is 14. The summed E-state index contributed by atoms with van der Waals surface area (Å²) in [4.78, 5) is 11.9. The van der Waals surface area contributed by atoms with Gasteiger partial charge in [-0.15, -0.1) is 0 Å². The van der Waals surface area contributed by atoms with Gasteiger partial charge < -0.3 is 5.11 Å². The van der Waals surface area contributed by atoms with Gasteiger partial charge in [-0.1, -0.05) is 150 Å². The fourth-order valence-electron chi connectivity index (χ4n) is 5.08. The molecule has 3 unspecified atom stereocenters. The summed E-state index contributed by atoms with van der Waals surface area (Å²) in [5.74, 6) is 0.214. The van der Waals surface area contributed by atoms with E-state index in [1.54, 1.807) is 0 Å². The van der Waals surface area contributed by atoms with Crippen LogP contribution in [0.15, 0.2) is 0 Å². The Balaban J connectivity index is 3.80. The quantitative estimate of drug-likeness (QED) is 0.152. The summed E-state index contributed by atoms with van der Waals surface area (Å²) in [5.41, 5.74) is 0. The summed E-state index contributed by atoms with van der Waals surface area (Å²) >= 11 is 0. The van der Waals surface area contributed by atoms with Crippen LogP contribution in [0.4, 0.5) is 0 Å². The van der Waals surface area contributed by atoms with Crippen molar-refractivity contribution in [3.8, 4) is 0 Å². The molecule has 2 heteroatoms. The van der Waals surface area contributed by atoms with Crippen LogP contribution in [0.2, 0.25) is 0 Å². The first kappa shape index (κ1) is 30.5. The van der Waals surface area contributed by atoms with Crippen LogP contribution in [0, 0.1) is 17.8 Å². The Kier molecular flexibility index (Phi) is 22.3. The van der Waals surface area contributed by atoms with Gasteiger partial charge in [0, 0.05) is 0 Å². The van der Waals surface area contributed by atoms with Gasteiger partial charge in [0.1, 0.15) is 0 Å². The van der Waals surface area contributed by atoms with E-state index in [0.29, 0.717) is 11.8 Å². The molecule has 0 aromatic heterocycles. The molecule has 0 saturated carbocycles. The maximum absolute atomic E-state index is 11.9. The Morgan fingerprint density at radius 2 is 1.03 bits per heavy atom. The molecule has 0 fully saturated rings. The molecule has 31 heavy (non-hydrogen) atoms. The first-order chi connectivity index (χ1) is 15.1. The highest BCUT2D eigenvalue weighted by Crippen LogP contribution is 2.30. The average molecular weight is 439 g/mol. The van der Waals surface area contributed by atoms with Gasteiger partial charge in [0.2, 0.25) is 0 Å². The summed E-state index contributed by atoms with van der Waals surface area (Å²) in [7, 11) is 0. The second-order valence-electron chi connectivity index (χ2n) is 10.3. The predicted molar refractivity (Wildman–Crippen MR) is 138 cm³/mol. The minimum absolute atomic E-state index is 0.143. The Labute approximate surface area is 196 Å². The van der Waals surface area contributed by atoms with Crippen LogP contribution >= 0.6 is 0 Å². The van der Waals surface area contributed by atoms with Crippen LogP contribution in [-0.4, -0.2) is 11.1 Å². The van der Waals surface area contributed by atoms with Crippen molar-refractivity contribution in [2.45, 2.75) is 163 Å². The van der Waals surface area contributed by atoms with Crippen LogP contribution in [0.3, 0.4) is 0 Å². The van der Waals surface area contributed by atoms with E-state index in [9.17, 15) is 9.90 Å². The van der Waals surface area contributed by atoms with Crippen molar-refractivity contribution >= 4 is 5.97 Å². The molecule has 0 aliphatic rings. The summed E-state index contributed by atoms with van der Waals surface area (Å²) in [5, 5.41) is 9.80. The van der Waals surface area contributed by atoms with Gasteiger partial charge in [-0.05, 0) is 24.7 Å².